The molecule has 0 aliphatic carbocycles. The van der Waals surface area contributed by atoms with Crippen molar-refractivity contribution in [2.75, 3.05) is 18.8 Å². The number of hydrogen-bond donors (Lipinski definition) is 2. The van der Waals surface area contributed by atoms with Crippen molar-refractivity contribution in [2.24, 2.45) is 5.73 Å². The Morgan fingerprint density at radius 1 is 1.42 bits per heavy atom. The van der Waals surface area contributed by atoms with Crippen LogP contribution in [0.25, 0.3) is 0 Å². The molecule has 3 N–H and O–H groups in total. The van der Waals surface area contributed by atoms with Crippen LogP contribution < -0.4 is 11.1 Å². The van der Waals surface area contributed by atoms with Crippen LogP contribution in [-0.2, 0) is 14.8 Å². The minimum atomic E-state index is -3.11. The number of rotatable bonds is 5. The van der Waals surface area contributed by atoms with Gasteiger partial charge in [-0.3, -0.25) is 4.79 Å². The predicted molar refractivity (Wildman–Crippen MR) is 77.7 cm³/mol. The summed E-state index contributed by atoms with van der Waals surface area (Å²) in [5.74, 6) is 0.0222. The molecule has 1 amide bonds. The molecule has 1 rings (SSSR count). The van der Waals surface area contributed by atoms with E-state index in [1.165, 1.54) is 4.31 Å². The third kappa shape index (κ3) is 5.64. The molecule has 1 aliphatic rings. The van der Waals surface area contributed by atoms with Crippen LogP contribution in [0.2, 0.25) is 0 Å². The first-order valence-electron chi connectivity index (χ1n) is 6.40. The van der Waals surface area contributed by atoms with E-state index in [2.05, 4.69) is 5.32 Å². The molecule has 0 aromatic heterocycles. The lowest BCUT2D eigenvalue weighted by molar-refractivity contribution is -0.122. The predicted octanol–water partition coefficient (Wildman–Crippen LogP) is 0.0758. The summed E-state index contributed by atoms with van der Waals surface area (Å²) >= 11 is 0. The van der Waals surface area contributed by atoms with Gasteiger partial charge in [-0.25, -0.2) is 12.7 Å². The number of hydrogen-bond acceptors (Lipinski definition) is 4. The fourth-order valence-corrected chi connectivity index (χ4v) is 3.54. The summed E-state index contributed by atoms with van der Waals surface area (Å²) < 4.78 is 25.2. The van der Waals surface area contributed by atoms with E-state index in [0.29, 0.717) is 32.4 Å². The Morgan fingerprint density at radius 2 is 1.95 bits per heavy atom. The number of carbonyl (C=O) groups excluding carboxylic acids is 1. The molecule has 19 heavy (non-hydrogen) atoms. The van der Waals surface area contributed by atoms with Gasteiger partial charge in [0.1, 0.15) is 0 Å². The fourth-order valence-electron chi connectivity index (χ4n) is 2.00. The average molecular weight is 314 g/mol. The molecule has 1 heterocycles. The van der Waals surface area contributed by atoms with Crippen molar-refractivity contribution < 1.29 is 13.2 Å². The monoisotopic (exact) mass is 313 g/mol. The van der Waals surface area contributed by atoms with E-state index in [4.69, 9.17) is 5.73 Å². The van der Waals surface area contributed by atoms with Crippen LogP contribution in [-0.4, -0.2) is 49.6 Å². The van der Waals surface area contributed by atoms with E-state index in [1.807, 2.05) is 6.92 Å². The van der Waals surface area contributed by atoms with E-state index >= 15 is 0 Å². The molecule has 1 fully saturated rings. The Kier molecular flexibility index (Phi) is 7.88. The lowest BCUT2D eigenvalue weighted by Gasteiger charge is -2.31. The molecule has 6 nitrogen and oxygen atoms in total. The third-order valence-corrected chi connectivity index (χ3v) is 5.15. The maximum Gasteiger partial charge on any atom is 0.236 e. The number of piperidine rings is 1. The van der Waals surface area contributed by atoms with Crippen LogP contribution in [0.15, 0.2) is 0 Å². The van der Waals surface area contributed by atoms with Crippen molar-refractivity contribution in [1.82, 2.24) is 9.62 Å². The first-order chi connectivity index (χ1) is 8.36. The molecule has 0 aromatic carbocycles. The molecule has 0 aromatic rings. The second kappa shape index (κ2) is 8.04. The molecule has 8 heteroatoms. The molecule has 0 spiro atoms. The van der Waals surface area contributed by atoms with E-state index in [0.717, 1.165) is 0 Å². The number of sulfonamides is 1. The summed E-state index contributed by atoms with van der Waals surface area (Å²) in [7, 11) is -3.11. The van der Waals surface area contributed by atoms with Crippen molar-refractivity contribution in [1.29, 1.82) is 0 Å². The van der Waals surface area contributed by atoms with Crippen molar-refractivity contribution >= 4 is 28.3 Å². The zero-order valence-corrected chi connectivity index (χ0v) is 13.1. The summed E-state index contributed by atoms with van der Waals surface area (Å²) in [6.07, 6.45) is 1.94. The van der Waals surface area contributed by atoms with Crippen molar-refractivity contribution in [3.8, 4) is 0 Å². The van der Waals surface area contributed by atoms with Crippen molar-refractivity contribution in [3.05, 3.63) is 0 Å². The summed E-state index contributed by atoms with van der Waals surface area (Å²) in [6.45, 7) is 4.45. The quantitative estimate of drug-likeness (QED) is 0.751. The van der Waals surface area contributed by atoms with Gasteiger partial charge in [0.05, 0.1) is 11.8 Å². The van der Waals surface area contributed by atoms with Gasteiger partial charge in [0, 0.05) is 19.1 Å². The van der Waals surface area contributed by atoms with Gasteiger partial charge in [0.25, 0.3) is 0 Å². The Balaban J connectivity index is 0.00000324. The van der Waals surface area contributed by atoms with Crippen LogP contribution in [0.3, 0.4) is 0 Å². The third-order valence-electron chi connectivity index (χ3n) is 3.07. The molecule has 0 saturated carbocycles. The maximum atomic E-state index is 11.8. The normalized spacial score (nSPS) is 19.5. The molecule has 1 saturated heterocycles. The largest absolute Gasteiger partial charge is 0.352 e. The van der Waals surface area contributed by atoms with Crippen molar-refractivity contribution in [3.63, 3.8) is 0 Å². The lowest BCUT2D eigenvalue weighted by Crippen LogP contribution is -2.50. The fraction of sp³-hybridized carbons (Fsp3) is 0.909. The highest BCUT2D eigenvalue weighted by Crippen LogP contribution is 2.15. The molecule has 114 valence electrons. The SMILES string of the molecule is CCCS(=O)(=O)N1CCC(NC(=O)C(C)N)CC1.Cl. The number of nitrogens with one attached hydrogen (secondary N) is 1. The van der Waals surface area contributed by atoms with Crippen LogP contribution in [0, 0.1) is 0 Å². The number of carbonyl (C=O) groups is 1. The summed E-state index contributed by atoms with van der Waals surface area (Å²) in [5.41, 5.74) is 5.47. The van der Waals surface area contributed by atoms with E-state index < -0.39 is 16.1 Å². The van der Waals surface area contributed by atoms with Gasteiger partial charge in [-0.2, -0.15) is 0 Å². The minimum Gasteiger partial charge on any atom is -0.352 e. The molecule has 1 atom stereocenters. The topological polar surface area (TPSA) is 92.5 Å². The molecular formula is C11H24ClN3O3S. The number of halogens is 1. The van der Waals surface area contributed by atoms with Crippen LogP contribution in [0.1, 0.15) is 33.1 Å². The van der Waals surface area contributed by atoms with Gasteiger partial charge in [-0.05, 0) is 26.2 Å². The Hall–Kier alpha value is -0.370. The number of nitrogens with two attached hydrogens (primary N) is 1. The lowest BCUT2D eigenvalue weighted by atomic mass is 10.1. The van der Waals surface area contributed by atoms with E-state index in [1.54, 1.807) is 6.92 Å². The van der Waals surface area contributed by atoms with Gasteiger partial charge < -0.3 is 11.1 Å². The maximum absolute atomic E-state index is 11.8. The first-order valence-corrected chi connectivity index (χ1v) is 8.01. The Labute approximate surface area is 121 Å². The summed E-state index contributed by atoms with van der Waals surface area (Å²) in [5, 5.41) is 2.84. The van der Waals surface area contributed by atoms with Crippen molar-refractivity contribution in [2.45, 2.75) is 45.2 Å². The minimum absolute atomic E-state index is 0. The second-order valence-electron chi connectivity index (χ2n) is 4.79. The van der Waals surface area contributed by atoms with Crippen LogP contribution in [0.4, 0.5) is 0 Å². The number of nitrogens with zero attached hydrogens (tertiary/aromatic N) is 1. The Bertz CT molecular complexity index is 379. The zero-order chi connectivity index (χ0) is 13.8. The average Bonchev–Trinajstić information content (AvgIpc) is 2.29. The highest BCUT2D eigenvalue weighted by Gasteiger charge is 2.28. The molecule has 0 radical (unpaired) electrons. The van der Waals surface area contributed by atoms with Gasteiger partial charge in [0.2, 0.25) is 15.9 Å². The second-order valence-corrected chi connectivity index (χ2v) is 6.88. The highest BCUT2D eigenvalue weighted by atomic mass is 35.5. The van der Waals surface area contributed by atoms with Crippen LogP contribution in [0.5, 0.6) is 0 Å². The highest BCUT2D eigenvalue weighted by molar-refractivity contribution is 7.89. The first kappa shape index (κ1) is 18.6. The Morgan fingerprint density at radius 3 is 2.37 bits per heavy atom. The smallest absolute Gasteiger partial charge is 0.236 e. The van der Waals surface area contributed by atoms with Gasteiger partial charge in [-0.15, -0.1) is 12.4 Å². The molecular weight excluding hydrogens is 290 g/mol. The summed E-state index contributed by atoms with van der Waals surface area (Å²) in [6, 6.07) is -0.483. The van der Waals surface area contributed by atoms with Gasteiger partial charge in [-0.1, -0.05) is 6.92 Å². The van der Waals surface area contributed by atoms with E-state index in [9.17, 15) is 13.2 Å². The summed E-state index contributed by atoms with van der Waals surface area (Å²) in [4.78, 5) is 11.4. The number of amides is 1. The molecule has 0 bridgehead atoms. The zero-order valence-electron chi connectivity index (χ0n) is 11.5. The van der Waals surface area contributed by atoms with Gasteiger partial charge >= 0.3 is 0 Å². The molecule has 1 aliphatic heterocycles. The van der Waals surface area contributed by atoms with Crippen LogP contribution >= 0.6 is 12.4 Å². The standard InChI is InChI=1S/C11H23N3O3S.ClH/c1-3-8-18(16,17)14-6-4-10(5-7-14)13-11(15)9(2)12;/h9-10H,3-8,12H2,1-2H3,(H,13,15);1H. The molecule has 1 unspecified atom stereocenters. The van der Waals surface area contributed by atoms with E-state index in [-0.39, 0.29) is 30.1 Å². The van der Waals surface area contributed by atoms with Gasteiger partial charge in [0.15, 0.2) is 0 Å².